The van der Waals surface area contributed by atoms with E-state index in [2.05, 4.69) is 17.1 Å². The Morgan fingerprint density at radius 1 is 1.07 bits per heavy atom. The highest BCUT2D eigenvalue weighted by Crippen LogP contribution is 2.16. The zero-order valence-corrected chi connectivity index (χ0v) is 17.1. The summed E-state index contributed by atoms with van der Waals surface area (Å²) < 4.78 is 16.3. The van der Waals surface area contributed by atoms with Crippen molar-refractivity contribution in [3.05, 3.63) is 24.3 Å². The fraction of sp³-hybridized carbons (Fsp3) is 0.650. The summed E-state index contributed by atoms with van der Waals surface area (Å²) in [6, 6.07) is 7.39. The summed E-state index contributed by atoms with van der Waals surface area (Å²) >= 11 is 0. The minimum Gasteiger partial charge on any atom is -0.494 e. The van der Waals surface area contributed by atoms with E-state index in [0.717, 1.165) is 57.9 Å². The van der Waals surface area contributed by atoms with Crippen LogP contribution in [0.4, 0.5) is 10.5 Å². The molecule has 0 radical (unpaired) electrons. The predicted molar refractivity (Wildman–Crippen MR) is 110 cm³/mol. The van der Waals surface area contributed by atoms with Gasteiger partial charge in [0.2, 0.25) is 0 Å². The Bertz CT molecular complexity index is 507. The van der Waals surface area contributed by atoms with Gasteiger partial charge < -0.3 is 14.2 Å². The molecule has 0 saturated carbocycles. The maximum absolute atomic E-state index is 11.7. The topological polar surface area (TPSA) is 60.0 Å². The lowest BCUT2D eigenvalue weighted by molar-refractivity contribution is 0.0358. The van der Waals surface area contributed by atoms with E-state index < -0.39 is 6.09 Å². The van der Waals surface area contributed by atoms with Crippen LogP contribution in [0.15, 0.2) is 24.3 Å². The molecule has 0 unspecified atom stereocenters. The summed E-state index contributed by atoms with van der Waals surface area (Å²) in [7, 11) is 0. The van der Waals surface area contributed by atoms with Crippen molar-refractivity contribution in [2.24, 2.45) is 0 Å². The van der Waals surface area contributed by atoms with E-state index >= 15 is 0 Å². The lowest BCUT2D eigenvalue weighted by Gasteiger charge is -2.26. The Balaban J connectivity index is 0.00000364. The van der Waals surface area contributed by atoms with Gasteiger partial charge in [-0.15, -0.1) is 12.4 Å². The first-order valence-corrected chi connectivity index (χ1v) is 9.74. The largest absolute Gasteiger partial charge is 0.494 e. The molecular weight excluding hydrogens is 368 g/mol. The molecule has 2 rings (SSSR count). The van der Waals surface area contributed by atoms with Gasteiger partial charge in [0.15, 0.2) is 0 Å². The van der Waals surface area contributed by atoms with Crippen LogP contribution in [0.1, 0.15) is 39.0 Å². The molecular formula is C20H33ClN2O4. The van der Waals surface area contributed by atoms with Crippen LogP contribution in [0.5, 0.6) is 5.75 Å². The summed E-state index contributed by atoms with van der Waals surface area (Å²) in [5, 5.41) is 2.74. The summed E-state index contributed by atoms with van der Waals surface area (Å²) in [4.78, 5) is 14.1. The number of hydrogen-bond donors (Lipinski definition) is 1. The van der Waals surface area contributed by atoms with E-state index in [1.807, 2.05) is 24.3 Å². The van der Waals surface area contributed by atoms with E-state index in [1.165, 1.54) is 12.8 Å². The van der Waals surface area contributed by atoms with E-state index in [9.17, 15) is 4.79 Å². The Morgan fingerprint density at radius 3 is 2.52 bits per heavy atom. The van der Waals surface area contributed by atoms with Crippen molar-refractivity contribution in [2.75, 3.05) is 51.4 Å². The van der Waals surface area contributed by atoms with E-state index in [0.29, 0.717) is 18.9 Å². The highest BCUT2D eigenvalue weighted by atomic mass is 35.5. The maximum Gasteiger partial charge on any atom is 0.411 e. The Labute approximate surface area is 168 Å². The molecule has 1 aliphatic heterocycles. The predicted octanol–water partition coefficient (Wildman–Crippen LogP) is 4.34. The zero-order valence-electron chi connectivity index (χ0n) is 16.3. The summed E-state index contributed by atoms with van der Waals surface area (Å²) in [6.45, 7) is 8.02. The molecule has 0 aliphatic carbocycles. The number of carbonyl (C=O) groups excluding carboxylic acids is 1. The van der Waals surface area contributed by atoms with Crippen LogP contribution in [0, 0.1) is 0 Å². The highest BCUT2D eigenvalue weighted by molar-refractivity contribution is 5.85. The van der Waals surface area contributed by atoms with Crippen molar-refractivity contribution >= 4 is 24.2 Å². The number of carbonyl (C=O) groups is 1. The molecule has 7 heteroatoms. The molecule has 0 spiro atoms. The lowest BCUT2D eigenvalue weighted by atomic mass is 10.2. The van der Waals surface area contributed by atoms with Crippen molar-refractivity contribution in [3.8, 4) is 5.75 Å². The normalized spacial score (nSPS) is 14.3. The summed E-state index contributed by atoms with van der Waals surface area (Å²) in [5.74, 6) is 0.811. The van der Waals surface area contributed by atoms with Crippen molar-refractivity contribution in [3.63, 3.8) is 0 Å². The van der Waals surface area contributed by atoms with Gasteiger partial charge in [0, 0.05) is 25.3 Å². The number of rotatable bonds is 11. The molecule has 27 heavy (non-hydrogen) atoms. The molecule has 1 N–H and O–H groups in total. The standard InChI is InChI=1S/C20H32N2O4.ClH/c1-2-3-4-5-14-26-20(23)21-18-7-9-19(10-8-18)25-15-6-11-22-12-16-24-17-13-22;/h7-10H,2-6,11-17H2,1H3,(H,21,23);1H. The van der Waals surface area contributed by atoms with E-state index in [1.54, 1.807) is 0 Å². The Kier molecular flexibility index (Phi) is 12.7. The average molecular weight is 401 g/mol. The first-order valence-electron chi connectivity index (χ1n) is 9.74. The number of morpholine rings is 1. The average Bonchev–Trinajstić information content (AvgIpc) is 2.67. The van der Waals surface area contributed by atoms with Gasteiger partial charge in [0.05, 0.1) is 26.4 Å². The fourth-order valence-electron chi connectivity index (χ4n) is 2.79. The minimum atomic E-state index is -0.402. The van der Waals surface area contributed by atoms with Crippen LogP contribution in [-0.4, -0.2) is 57.1 Å². The second-order valence-electron chi connectivity index (χ2n) is 6.50. The van der Waals surface area contributed by atoms with Crippen molar-refractivity contribution in [1.29, 1.82) is 0 Å². The third-order valence-corrected chi connectivity index (χ3v) is 4.32. The van der Waals surface area contributed by atoms with Crippen LogP contribution in [-0.2, 0) is 9.47 Å². The third-order valence-electron chi connectivity index (χ3n) is 4.32. The lowest BCUT2D eigenvalue weighted by Crippen LogP contribution is -2.37. The Morgan fingerprint density at radius 2 is 1.81 bits per heavy atom. The highest BCUT2D eigenvalue weighted by Gasteiger charge is 2.09. The number of hydrogen-bond acceptors (Lipinski definition) is 5. The number of ether oxygens (including phenoxy) is 3. The smallest absolute Gasteiger partial charge is 0.411 e. The molecule has 0 bridgehead atoms. The van der Waals surface area contributed by atoms with Gasteiger partial charge in [-0.05, 0) is 37.1 Å². The van der Waals surface area contributed by atoms with Crippen molar-refractivity contribution in [1.82, 2.24) is 4.90 Å². The number of halogens is 1. The monoisotopic (exact) mass is 400 g/mol. The molecule has 0 atom stereocenters. The van der Waals surface area contributed by atoms with E-state index in [4.69, 9.17) is 14.2 Å². The second kappa shape index (κ2) is 14.5. The van der Waals surface area contributed by atoms with Gasteiger partial charge in [-0.2, -0.15) is 0 Å². The number of anilines is 1. The van der Waals surface area contributed by atoms with Gasteiger partial charge in [0.1, 0.15) is 5.75 Å². The molecule has 6 nitrogen and oxygen atoms in total. The second-order valence-corrected chi connectivity index (χ2v) is 6.50. The molecule has 1 aliphatic rings. The number of amides is 1. The van der Waals surface area contributed by atoms with Gasteiger partial charge in [0.25, 0.3) is 0 Å². The molecule has 154 valence electrons. The first kappa shape index (κ1) is 23.5. The van der Waals surface area contributed by atoms with Crippen LogP contribution in [0.2, 0.25) is 0 Å². The molecule has 0 aromatic heterocycles. The molecule has 1 aromatic rings. The van der Waals surface area contributed by atoms with Gasteiger partial charge in [-0.25, -0.2) is 4.79 Å². The van der Waals surface area contributed by atoms with Crippen molar-refractivity contribution in [2.45, 2.75) is 39.0 Å². The zero-order chi connectivity index (χ0) is 18.5. The summed E-state index contributed by atoms with van der Waals surface area (Å²) in [5.41, 5.74) is 0.712. The number of nitrogens with one attached hydrogen (secondary N) is 1. The maximum atomic E-state index is 11.7. The third kappa shape index (κ3) is 10.4. The molecule has 1 heterocycles. The number of unbranched alkanes of at least 4 members (excludes halogenated alkanes) is 3. The fourth-order valence-corrected chi connectivity index (χ4v) is 2.79. The molecule has 1 amide bonds. The molecule has 1 fully saturated rings. The molecule has 1 saturated heterocycles. The van der Waals surface area contributed by atoms with Gasteiger partial charge in [-0.3, -0.25) is 10.2 Å². The van der Waals surface area contributed by atoms with Gasteiger partial charge in [-0.1, -0.05) is 26.2 Å². The quantitative estimate of drug-likeness (QED) is 0.560. The number of benzene rings is 1. The van der Waals surface area contributed by atoms with Crippen LogP contribution >= 0.6 is 12.4 Å². The minimum absolute atomic E-state index is 0. The van der Waals surface area contributed by atoms with Gasteiger partial charge >= 0.3 is 6.09 Å². The van der Waals surface area contributed by atoms with E-state index in [-0.39, 0.29) is 12.4 Å². The molecule has 1 aromatic carbocycles. The van der Waals surface area contributed by atoms with Crippen LogP contribution in [0.3, 0.4) is 0 Å². The Hall–Kier alpha value is -1.50. The first-order chi connectivity index (χ1) is 12.8. The van der Waals surface area contributed by atoms with Crippen molar-refractivity contribution < 1.29 is 19.0 Å². The van der Waals surface area contributed by atoms with Crippen LogP contribution in [0.25, 0.3) is 0 Å². The van der Waals surface area contributed by atoms with Crippen LogP contribution < -0.4 is 10.1 Å². The number of nitrogens with zero attached hydrogens (tertiary/aromatic N) is 1. The summed E-state index contributed by atoms with van der Waals surface area (Å²) in [6.07, 6.45) is 4.96. The SMILES string of the molecule is CCCCCCOC(=O)Nc1ccc(OCCCN2CCOCC2)cc1.Cl.